The van der Waals surface area contributed by atoms with Gasteiger partial charge in [0.05, 0.1) is 12.6 Å². The van der Waals surface area contributed by atoms with Gasteiger partial charge in [-0.2, -0.15) is 0 Å². The number of hydrogen-bond donors (Lipinski definition) is 2. The molecule has 1 aromatic rings. The summed E-state index contributed by atoms with van der Waals surface area (Å²) in [7, 11) is 0. The van der Waals surface area contributed by atoms with Crippen molar-refractivity contribution in [2.24, 2.45) is 0 Å². The molecule has 6 nitrogen and oxygen atoms in total. The lowest BCUT2D eigenvalue weighted by atomic mass is 10.1. The zero-order valence-electron chi connectivity index (χ0n) is 12.4. The van der Waals surface area contributed by atoms with E-state index >= 15 is 0 Å². The number of hydrogen-bond acceptors (Lipinski definition) is 5. The molecule has 0 aromatic carbocycles. The normalized spacial score (nSPS) is 25.9. The second-order valence-electron chi connectivity index (χ2n) is 5.62. The van der Waals surface area contributed by atoms with E-state index in [1.807, 2.05) is 22.4 Å². The number of nitrogens with one attached hydrogen (secondary N) is 2. The maximum atomic E-state index is 12.2. The average molecular weight is 323 g/mol. The summed E-state index contributed by atoms with van der Waals surface area (Å²) in [4.78, 5) is 27.2. The van der Waals surface area contributed by atoms with E-state index in [0.29, 0.717) is 19.6 Å². The Labute approximate surface area is 133 Å². The molecule has 120 valence electrons. The summed E-state index contributed by atoms with van der Waals surface area (Å²) in [6.07, 6.45) is 2.21. The summed E-state index contributed by atoms with van der Waals surface area (Å²) in [6, 6.07) is 3.51. The number of ether oxygens (including phenoxy) is 1. The Morgan fingerprint density at radius 3 is 3.18 bits per heavy atom. The maximum Gasteiger partial charge on any atom is 0.242 e. The Bertz CT molecular complexity index is 514. The van der Waals surface area contributed by atoms with Crippen LogP contribution in [0.2, 0.25) is 0 Å². The molecule has 2 unspecified atom stereocenters. The molecular weight excluding hydrogens is 302 g/mol. The molecule has 2 aliphatic heterocycles. The molecule has 1 aromatic heterocycles. The number of rotatable bonds is 5. The van der Waals surface area contributed by atoms with Gasteiger partial charge in [-0.15, -0.1) is 11.3 Å². The molecule has 22 heavy (non-hydrogen) atoms. The molecule has 0 radical (unpaired) electrons. The van der Waals surface area contributed by atoms with E-state index in [2.05, 4.69) is 10.6 Å². The van der Waals surface area contributed by atoms with Crippen LogP contribution in [0.15, 0.2) is 17.5 Å². The van der Waals surface area contributed by atoms with Gasteiger partial charge in [-0.05, 0) is 24.3 Å². The van der Waals surface area contributed by atoms with Crippen molar-refractivity contribution < 1.29 is 14.3 Å². The first kappa shape index (κ1) is 15.5. The molecule has 2 aliphatic rings. The van der Waals surface area contributed by atoms with Gasteiger partial charge in [0.25, 0.3) is 0 Å². The van der Waals surface area contributed by atoms with E-state index in [0.717, 1.165) is 24.3 Å². The van der Waals surface area contributed by atoms with Crippen molar-refractivity contribution in [2.45, 2.75) is 25.0 Å². The SMILES string of the molecule is O=C(CN1CCNC(=O)C1c1cccs1)NCC1CCCO1. The van der Waals surface area contributed by atoms with Crippen LogP contribution >= 0.6 is 11.3 Å². The molecule has 2 N–H and O–H groups in total. The Kier molecular flexibility index (Phi) is 5.07. The largest absolute Gasteiger partial charge is 0.376 e. The van der Waals surface area contributed by atoms with E-state index in [1.54, 1.807) is 11.3 Å². The van der Waals surface area contributed by atoms with Gasteiger partial charge in [-0.25, -0.2) is 0 Å². The van der Waals surface area contributed by atoms with Gasteiger partial charge in [0.1, 0.15) is 6.04 Å². The number of amides is 2. The first-order valence-electron chi connectivity index (χ1n) is 7.67. The predicted octanol–water partition coefficient (Wildman–Crippen LogP) is 0.516. The smallest absolute Gasteiger partial charge is 0.242 e. The average Bonchev–Trinajstić information content (AvgIpc) is 3.19. The molecule has 2 fully saturated rings. The highest BCUT2D eigenvalue weighted by Gasteiger charge is 2.33. The number of thiophene rings is 1. The fourth-order valence-corrected chi connectivity index (χ4v) is 3.77. The molecule has 0 spiro atoms. The summed E-state index contributed by atoms with van der Waals surface area (Å²) in [6.45, 7) is 2.85. The van der Waals surface area contributed by atoms with Crippen LogP contribution in [0.3, 0.4) is 0 Å². The van der Waals surface area contributed by atoms with Crippen molar-refractivity contribution in [3.8, 4) is 0 Å². The van der Waals surface area contributed by atoms with Crippen LogP contribution in [0.5, 0.6) is 0 Å². The molecule has 2 amide bonds. The zero-order chi connectivity index (χ0) is 15.4. The van der Waals surface area contributed by atoms with Gasteiger partial charge < -0.3 is 15.4 Å². The summed E-state index contributed by atoms with van der Waals surface area (Å²) < 4.78 is 5.50. The predicted molar refractivity (Wildman–Crippen MR) is 83.6 cm³/mol. The summed E-state index contributed by atoms with van der Waals surface area (Å²) >= 11 is 1.54. The highest BCUT2D eigenvalue weighted by Crippen LogP contribution is 2.26. The highest BCUT2D eigenvalue weighted by atomic mass is 32.1. The van der Waals surface area contributed by atoms with E-state index in [4.69, 9.17) is 4.74 Å². The zero-order valence-corrected chi connectivity index (χ0v) is 13.2. The van der Waals surface area contributed by atoms with Crippen molar-refractivity contribution in [3.05, 3.63) is 22.4 Å². The fourth-order valence-electron chi connectivity index (χ4n) is 2.91. The minimum Gasteiger partial charge on any atom is -0.376 e. The van der Waals surface area contributed by atoms with Crippen LogP contribution in [0, 0.1) is 0 Å². The van der Waals surface area contributed by atoms with Crippen LogP contribution in [-0.2, 0) is 14.3 Å². The van der Waals surface area contributed by atoms with Gasteiger partial charge >= 0.3 is 0 Å². The van der Waals surface area contributed by atoms with Crippen molar-refractivity contribution >= 4 is 23.2 Å². The van der Waals surface area contributed by atoms with Crippen LogP contribution in [-0.4, -0.2) is 55.6 Å². The number of piperazine rings is 1. The van der Waals surface area contributed by atoms with Crippen molar-refractivity contribution in [2.75, 3.05) is 32.8 Å². The van der Waals surface area contributed by atoms with E-state index in [9.17, 15) is 9.59 Å². The number of nitrogens with zero attached hydrogens (tertiary/aromatic N) is 1. The maximum absolute atomic E-state index is 12.2. The second kappa shape index (κ2) is 7.21. The minimum atomic E-state index is -0.359. The van der Waals surface area contributed by atoms with Crippen molar-refractivity contribution in [1.29, 1.82) is 0 Å². The highest BCUT2D eigenvalue weighted by molar-refractivity contribution is 7.10. The quantitative estimate of drug-likeness (QED) is 0.829. The third kappa shape index (κ3) is 3.66. The fraction of sp³-hybridized carbons (Fsp3) is 0.600. The van der Waals surface area contributed by atoms with Crippen molar-refractivity contribution in [3.63, 3.8) is 0 Å². The van der Waals surface area contributed by atoms with Crippen LogP contribution in [0.4, 0.5) is 0 Å². The lowest BCUT2D eigenvalue weighted by Crippen LogP contribution is -2.52. The Morgan fingerprint density at radius 2 is 2.45 bits per heavy atom. The van der Waals surface area contributed by atoms with Crippen LogP contribution in [0.1, 0.15) is 23.8 Å². The molecule has 2 atom stereocenters. The topological polar surface area (TPSA) is 70.7 Å². The molecule has 0 bridgehead atoms. The molecular formula is C15H21N3O3S. The van der Waals surface area contributed by atoms with E-state index in [1.165, 1.54) is 0 Å². The van der Waals surface area contributed by atoms with E-state index in [-0.39, 0.29) is 30.5 Å². The third-order valence-corrected chi connectivity index (χ3v) is 4.95. The Balaban J connectivity index is 1.56. The lowest BCUT2D eigenvalue weighted by Gasteiger charge is -2.33. The van der Waals surface area contributed by atoms with Crippen LogP contribution in [0.25, 0.3) is 0 Å². The second-order valence-corrected chi connectivity index (χ2v) is 6.60. The monoisotopic (exact) mass is 323 g/mol. The molecule has 0 aliphatic carbocycles. The standard InChI is InChI=1S/C15H21N3O3S/c19-13(17-9-11-3-1-7-21-11)10-18-6-5-16-15(20)14(18)12-4-2-8-22-12/h2,4,8,11,14H,1,3,5-7,9-10H2,(H,16,20)(H,17,19). The Morgan fingerprint density at radius 1 is 1.55 bits per heavy atom. The van der Waals surface area contributed by atoms with Crippen LogP contribution < -0.4 is 10.6 Å². The summed E-state index contributed by atoms with van der Waals surface area (Å²) in [5.41, 5.74) is 0. The molecule has 3 heterocycles. The number of carbonyl (C=O) groups excluding carboxylic acids is 2. The molecule has 3 rings (SSSR count). The molecule has 0 saturated carbocycles. The van der Waals surface area contributed by atoms with Gasteiger partial charge in [0.15, 0.2) is 0 Å². The van der Waals surface area contributed by atoms with Gasteiger partial charge in [0.2, 0.25) is 11.8 Å². The van der Waals surface area contributed by atoms with Gasteiger partial charge in [-0.3, -0.25) is 14.5 Å². The summed E-state index contributed by atoms with van der Waals surface area (Å²) in [5.74, 6) is -0.0765. The third-order valence-electron chi connectivity index (χ3n) is 4.02. The minimum absolute atomic E-state index is 0.0272. The lowest BCUT2D eigenvalue weighted by molar-refractivity contribution is -0.131. The van der Waals surface area contributed by atoms with Gasteiger partial charge in [-0.1, -0.05) is 6.07 Å². The van der Waals surface area contributed by atoms with Crippen molar-refractivity contribution in [1.82, 2.24) is 15.5 Å². The number of carbonyl (C=O) groups is 2. The first-order chi connectivity index (χ1) is 10.7. The first-order valence-corrected chi connectivity index (χ1v) is 8.55. The Hall–Kier alpha value is -1.44. The van der Waals surface area contributed by atoms with E-state index < -0.39 is 0 Å². The molecule has 7 heteroatoms. The molecule has 2 saturated heterocycles. The summed E-state index contributed by atoms with van der Waals surface area (Å²) in [5, 5.41) is 7.74. The van der Waals surface area contributed by atoms with Gasteiger partial charge in [0, 0.05) is 31.1 Å².